The monoisotopic (exact) mass is 432 g/mol. The molecule has 0 N–H and O–H groups in total. The van der Waals surface area contributed by atoms with Crippen molar-refractivity contribution in [1.29, 1.82) is 0 Å². The number of hydrogen-bond acceptors (Lipinski definition) is 6. The number of rotatable bonds is 5. The normalized spacial score (nSPS) is 15.9. The molecule has 10 heteroatoms. The Morgan fingerprint density at radius 1 is 1.27 bits per heavy atom. The Balaban J connectivity index is 1.76. The van der Waals surface area contributed by atoms with Gasteiger partial charge in [0.15, 0.2) is 0 Å². The fourth-order valence-electron chi connectivity index (χ4n) is 3.99. The number of hydrogen-bond donors (Lipinski definition) is 0. The zero-order valence-corrected chi connectivity index (χ0v) is 17.8. The molecule has 0 unspecified atom stereocenters. The zero-order valence-electron chi connectivity index (χ0n) is 16.9. The average molecular weight is 433 g/mol. The summed E-state index contributed by atoms with van der Waals surface area (Å²) >= 11 is 0. The number of carbonyl (C=O) groups excluding carboxylic acids is 1. The van der Waals surface area contributed by atoms with Crippen molar-refractivity contribution in [3.8, 4) is 0 Å². The number of fused-ring (bicyclic) bond motifs is 2. The molecule has 4 heterocycles. The lowest BCUT2D eigenvalue weighted by Crippen LogP contribution is -2.42. The molecule has 0 radical (unpaired) electrons. The van der Waals surface area contributed by atoms with Crippen LogP contribution in [0.5, 0.6) is 0 Å². The number of aromatic nitrogens is 3. The van der Waals surface area contributed by atoms with Gasteiger partial charge in [-0.15, -0.1) is 0 Å². The second-order valence-electron chi connectivity index (χ2n) is 7.58. The van der Waals surface area contributed by atoms with Crippen LogP contribution in [0.15, 0.2) is 35.3 Å². The van der Waals surface area contributed by atoms with E-state index in [1.807, 2.05) is 0 Å². The molecule has 1 aliphatic rings. The quantitative estimate of drug-likeness (QED) is 0.595. The third-order valence-corrected chi connectivity index (χ3v) is 7.33. The predicted molar refractivity (Wildman–Crippen MR) is 113 cm³/mol. The fourth-order valence-corrected chi connectivity index (χ4v) is 5.05. The van der Waals surface area contributed by atoms with Crippen LogP contribution < -0.4 is 5.56 Å². The molecule has 0 atom stereocenters. The average Bonchev–Trinajstić information content (AvgIpc) is 3.10. The van der Waals surface area contributed by atoms with Gasteiger partial charge in [-0.3, -0.25) is 14.0 Å². The highest BCUT2D eigenvalue weighted by Crippen LogP contribution is 2.22. The van der Waals surface area contributed by atoms with Gasteiger partial charge in [0.05, 0.1) is 17.2 Å². The standard InChI is InChI=1S/C20H24N4O5S/c1-29-12-11-23-16(20(26)22-9-6-14(7-10-22)30(2,27)28)13-15-18(23)21-17-5-3-4-8-24(17)19(15)25/h3-5,8,13-14H,6-7,9-12H2,1-2H3. The zero-order chi connectivity index (χ0) is 21.5. The predicted octanol–water partition coefficient (Wildman–Crippen LogP) is 0.945. The Morgan fingerprint density at radius 3 is 2.67 bits per heavy atom. The summed E-state index contributed by atoms with van der Waals surface area (Å²) in [6.45, 7) is 1.44. The number of carbonyl (C=O) groups is 1. The van der Waals surface area contributed by atoms with Crippen molar-refractivity contribution in [2.24, 2.45) is 0 Å². The molecule has 0 bridgehead atoms. The van der Waals surface area contributed by atoms with Crippen molar-refractivity contribution in [3.63, 3.8) is 0 Å². The topological polar surface area (TPSA) is 103 Å². The van der Waals surface area contributed by atoms with Crippen molar-refractivity contribution < 1.29 is 17.9 Å². The van der Waals surface area contributed by atoms with Crippen LogP contribution in [0.2, 0.25) is 0 Å². The molecule has 1 fully saturated rings. The summed E-state index contributed by atoms with van der Waals surface area (Å²) in [5.74, 6) is -0.232. The molecule has 0 saturated carbocycles. The molecule has 30 heavy (non-hydrogen) atoms. The number of amides is 1. The first kappa shape index (κ1) is 20.5. The van der Waals surface area contributed by atoms with Gasteiger partial charge in [-0.25, -0.2) is 13.4 Å². The van der Waals surface area contributed by atoms with E-state index in [-0.39, 0.29) is 11.5 Å². The Morgan fingerprint density at radius 2 is 2.00 bits per heavy atom. The highest BCUT2D eigenvalue weighted by atomic mass is 32.2. The lowest BCUT2D eigenvalue weighted by Gasteiger charge is -2.31. The molecular weight excluding hydrogens is 408 g/mol. The molecule has 3 aromatic heterocycles. The van der Waals surface area contributed by atoms with Crippen LogP contribution in [0.25, 0.3) is 16.7 Å². The van der Waals surface area contributed by atoms with E-state index in [1.165, 1.54) is 10.7 Å². The second-order valence-corrected chi connectivity index (χ2v) is 9.90. The molecule has 160 valence electrons. The Bertz CT molecular complexity index is 1270. The maximum Gasteiger partial charge on any atom is 0.270 e. The fraction of sp³-hybridized carbons (Fsp3) is 0.450. The van der Waals surface area contributed by atoms with Gasteiger partial charge < -0.3 is 14.2 Å². The molecule has 9 nitrogen and oxygen atoms in total. The first-order valence-corrected chi connectivity index (χ1v) is 11.7. The minimum Gasteiger partial charge on any atom is -0.383 e. The molecule has 0 aliphatic carbocycles. The van der Waals surface area contributed by atoms with Crippen molar-refractivity contribution in [1.82, 2.24) is 18.9 Å². The lowest BCUT2D eigenvalue weighted by molar-refractivity contribution is 0.0713. The maximum atomic E-state index is 13.3. The van der Waals surface area contributed by atoms with Crippen LogP contribution in [-0.4, -0.2) is 71.5 Å². The van der Waals surface area contributed by atoms with Crippen molar-refractivity contribution in [2.45, 2.75) is 24.6 Å². The number of sulfone groups is 1. The van der Waals surface area contributed by atoms with Gasteiger partial charge in [-0.05, 0) is 31.0 Å². The number of ether oxygens (including phenoxy) is 1. The van der Waals surface area contributed by atoms with Gasteiger partial charge in [0.1, 0.15) is 26.8 Å². The third kappa shape index (κ3) is 3.61. The number of pyridine rings is 1. The molecule has 1 saturated heterocycles. The van der Waals surface area contributed by atoms with Crippen LogP contribution >= 0.6 is 0 Å². The van der Waals surface area contributed by atoms with Crippen LogP contribution in [0.4, 0.5) is 0 Å². The molecule has 1 amide bonds. The van der Waals surface area contributed by atoms with Crippen molar-refractivity contribution in [3.05, 3.63) is 46.5 Å². The Kier molecular flexibility index (Phi) is 5.37. The number of methoxy groups -OCH3 is 1. The molecule has 0 aromatic carbocycles. The van der Waals surface area contributed by atoms with E-state index < -0.39 is 15.1 Å². The molecule has 3 aromatic rings. The van der Waals surface area contributed by atoms with E-state index >= 15 is 0 Å². The summed E-state index contributed by atoms with van der Waals surface area (Å²) in [4.78, 5) is 32.5. The van der Waals surface area contributed by atoms with E-state index in [0.29, 0.717) is 61.5 Å². The minimum absolute atomic E-state index is 0.232. The number of nitrogens with zero attached hydrogens (tertiary/aromatic N) is 4. The van der Waals surface area contributed by atoms with Crippen LogP contribution in [0.1, 0.15) is 23.3 Å². The van der Waals surface area contributed by atoms with Crippen LogP contribution in [0.3, 0.4) is 0 Å². The molecule has 0 spiro atoms. The smallest absolute Gasteiger partial charge is 0.270 e. The Hall–Kier alpha value is -2.72. The van der Waals surface area contributed by atoms with E-state index in [0.717, 1.165) is 0 Å². The largest absolute Gasteiger partial charge is 0.383 e. The first-order valence-electron chi connectivity index (χ1n) is 9.79. The highest BCUT2D eigenvalue weighted by molar-refractivity contribution is 7.91. The maximum absolute atomic E-state index is 13.3. The second kappa shape index (κ2) is 7.84. The van der Waals surface area contributed by atoms with Crippen molar-refractivity contribution in [2.75, 3.05) is 33.1 Å². The highest BCUT2D eigenvalue weighted by Gasteiger charge is 2.31. The van der Waals surface area contributed by atoms with E-state index in [4.69, 9.17) is 4.74 Å². The Labute approximate surface area is 173 Å². The van der Waals surface area contributed by atoms with Gasteiger partial charge in [0.2, 0.25) is 0 Å². The van der Waals surface area contributed by atoms with Gasteiger partial charge >= 0.3 is 0 Å². The van der Waals surface area contributed by atoms with E-state index in [2.05, 4.69) is 4.98 Å². The lowest BCUT2D eigenvalue weighted by atomic mass is 10.1. The van der Waals surface area contributed by atoms with Gasteiger partial charge in [-0.1, -0.05) is 6.07 Å². The molecule has 1 aliphatic heterocycles. The van der Waals surface area contributed by atoms with Gasteiger partial charge in [-0.2, -0.15) is 0 Å². The van der Waals surface area contributed by atoms with E-state index in [9.17, 15) is 18.0 Å². The number of piperidine rings is 1. The summed E-state index contributed by atoms with van der Waals surface area (Å²) in [7, 11) is -1.55. The summed E-state index contributed by atoms with van der Waals surface area (Å²) in [5.41, 5.74) is 1.06. The first-order chi connectivity index (χ1) is 14.3. The summed E-state index contributed by atoms with van der Waals surface area (Å²) < 4.78 is 32.0. The summed E-state index contributed by atoms with van der Waals surface area (Å²) in [6, 6.07) is 6.88. The summed E-state index contributed by atoms with van der Waals surface area (Å²) in [5, 5.41) is -0.0540. The number of likely N-dealkylation sites (tertiary alicyclic amines) is 1. The summed E-state index contributed by atoms with van der Waals surface area (Å²) in [6.07, 6.45) is 3.71. The molecule has 4 rings (SSSR count). The van der Waals surface area contributed by atoms with E-state index in [1.54, 1.807) is 47.0 Å². The van der Waals surface area contributed by atoms with Crippen LogP contribution in [-0.2, 0) is 21.1 Å². The van der Waals surface area contributed by atoms with Crippen molar-refractivity contribution >= 4 is 32.4 Å². The van der Waals surface area contributed by atoms with Gasteiger partial charge in [0.25, 0.3) is 11.5 Å². The SMILES string of the molecule is COCCn1c(C(=O)N2CCC(S(C)(=O)=O)CC2)cc2c(=O)n3ccccc3nc21. The van der Waals surface area contributed by atoms with Crippen LogP contribution in [0, 0.1) is 0 Å². The van der Waals surface area contributed by atoms with Gasteiger partial charge in [0, 0.05) is 39.2 Å². The molecular formula is C20H24N4O5S. The third-order valence-electron chi connectivity index (χ3n) is 5.65. The minimum atomic E-state index is -3.12.